The zero-order valence-electron chi connectivity index (χ0n) is 16.6. The fourth-order valence-corrected chi connectivity index (χ4v) is 6.98. The topological polar surface area (TPSA) is 70.2 Å². The Bertz CT molecular complexity index is 960. The minimum absolute atomic E-state index is 0.0226. The third kappa shape index (κ3) is 3.19. The van der Waals surface area contributed by atoms with E-state index in [2.05, 4.69) is 27.8 Å². The molecule has 4 unspecified atom stereocenters. The maximum absolute atomic E-state index is 13.0. The summed E-state index contributed by atoms with van der Waals surface area (Å²) >= 11 is 1.71. The van der Waals surface area contributed by atoms with Gasteiger partial charge in [0.2, 0.25) is 11.9 Å². The van der Waals surface area contributed by atoms with Crippen molar-refractivity contribution in [1.29, 1.82) is 0 Å². The Morgan fingerprint density at radius 1 is 1.21 bits per heavy atom. The van der Waals surface area contributed by atoms with Gasteiger partial charge in [-0.1, -0.05) is 12.5 Å². The second-order valence-electron chi connectivity index (χ2n) is 8.99. The summed E-state index contributed by atoms with van der Waals surface area (Å²) in [7, 11) is 0. The molecule has 1 aromatic carbocycles. The van der Waals surface area contributed by atoms with Crippen molar-refractivity contribution < 1.29 is 4.79 Å². The fourth-order valence-electron chi connectivity index (χ4n) is 5.71. The van der Waals surface area contributed by atoms with Gasteiger partial charge in [-0.15, -0.1) is 11.8 Å². The zero-order valence-corrected chi connectivity index (χ0v) is 17.4. The lowest BCUT2D eigenvalue weighted by Gasteiger charge is -2.29. The normalized spacial score (nSPS) is 30.7. The van der Waals surface area contributed by atoms with Gasteiger partial charge >= 0.3 is 0 Å². The number of amides is 1. The molecular formula is C22H27N5OS. The number of nitrogens with zero attached hydrogens (tertiary/aromatic N) is 3. The molecule has 7 heteroatoms. The summed E-state index contributed by atoms with van der Waals surface area (Å²) in [6, 6.07) is 4.76. The molecule has 2 N–H and O–H groups in total. The highest BCUT2D eigenvalue weighted by molar-refractivity contribution is 8.01. The Kier molecular flexibility index (Phi) is 4.41. The highest BCUT2D eigenvalue weighted by Gasteiger charge is 2.40. The van der Waals surface area contributed by atoms with E-state index >= 15 is 0 Å². The van der Waals surface area contributed by atoms with Gasteiger partial charge in [0.15, 0.2) is 0 Å². The summed E-state index contributed by atoms with van der Waals surface area (Å²) in [6.45, 7) is 3.41. The van der Waals surface area contributed by atoms with E-state index in [-0.39, 0.29) is 11.2 Å². The first-order chi connectivity index (χ1) is 14.2. The predicted octanol–water partition coefficient (Wildman–Crippen LogP) is 2.68. The van der Waals surface area contributed by atoms with Crippen LogP contribution < -0.4 is 10.6 Å². The first kappa shape index (κ1) is 18.0. The number of aromatic nitrogens is 2. The SMILES string of the molecule is O=C(C1Cc2c(ccc3cnc(NC4CC5CCC4C5)nc23)S1)N1CCNCC1. The van der Waals surface area contributed by atoms with E-state index in [1.807, 2.05) is 11.1 Å². The van der Waals surface area contributed by atoms with E-state index in [1.54, 1.807) is 11.8 Å². The average molecular weight is 410 g/mol. The van der Waals surface area contributed by atoms with Crippen LogP contribution in [0.5, 0.6) is 0 Å². The number of rotatable bonds is 3. The molecular weight excluding hydrogens is 382 g/mol. The van der Waals surface area contributed by atoms with E-state index in [1.165, 1.54) is 36.1 Å². The largest absolute Gasteiger partial charge is 0.351 e. The Morgan fingerprint density at radius 3 is 2.90 bits per heavy atom. The standard InChI is InChI=1S/C22H27N5OS/c28-21(27-7-5-23-6-8-27)19-11-16-18(29-19)4-3-15-12-24-22(26-20(15)16)25-17-10-13-1-2-14(17)9-13/h3-4,12-14,17,19,23H,1-2,5-11H2,(H,24,25,26). The monoisotopic (exact) mass is 409 g/mol. The lowest BCUT2D eigenvalue weighted by atomic mass is 9.95. The summed E-state index contributed by atoms with van der Waals surface area (Å²) in [5.74, 6) is 2.72. The molecule has 3 heterocycles. The molecule has 152 valence electrons. The molecule has 4 atom stereocenters. The van der Waals surface area contributed by atoms with Crippen LogP contribution >= 0.6 is 11.8 Å². The number of anilines is 1. The molecule has 2 aromatic rings. The average Bonchev–Trinajstić information content (AvgIpc) is 3.49. The zero-order chi connectivity index (χ0) is 19.4. The van der Waals surface area contributed by atoms with Crippen LogP contribution in [0, 0.1) is 11.8 Å². The van der Waals surface area contributed by atoms with Crippen LogP contribution in [0.25, 0.3) is 10.9 Å². The molecule has 29 heavy (non-hydrogen) atoms. The maximum atomic E-state index is 13.0. The van der Waals surface area contributed by atoms with Gasteiger partial charge in [0.05, 0.1) is 10.8 Å². The third-order valence-electron chi connectivity index (χ3n) is 7.23. The molecule has 0 radical (unpaired) electrons. The summed E-state index contributed by atoms with van der Waals surface area (Å²) in [4.78, 5) is 25.8. The van der Waals surface area contributed by atoms with E-state index in [4.69, 9.17) is 4.98 Å². The van der Waals surface area contributed by atoms with Crippen LogP contribution in [-0.4, -0.2) is 58.2 Å². The van der Waals surface area contributed by atoms with Crippen molar-refractivity contribution in [2.75, 3.05) is 31.5 Å². The highest BCUT2D eigenvalue weighted by atomic mass is 32.2. The highest BCUT2D eigenvalue weighted by Crippen LogP contribution is 2.45. The van der Waals surface area contributed by atoms with Crippen LogP contribution in [0.2, 0.25) is 0 Å². The Labute approximate surface area is 175 Å². The maximum Gasteiger partial charge on any atom is 0.236 e. The second-order valence-corrected chi connectivity index (χ2v) is 10.2. The molecule has 0 spiro atoms. The van der Waals surface area contributed by atoms with Crippen molar-refractivity contribution in [3.05, 3.63) is 23.9 Å². The molecule has 1 aromatic heterocycles. The number of piperazine rings is 1. The number of benzene rings is 1. The van der Waals surface area contributed by atoms with Crippen molar-refractivity contribution in [2.24, 2.45) is 11.8 Å². The number of carbonyl (C=O) groups excluding carboxylic acids is 1. The van der Waals surface area contributed by atoms with Crippen molar-refractivity contribution in [1.82, 2.24) is 20.2 Å². The van der Waals surface area contributed by atoms with E-state index in [0.717, 1.165) is 61.3 Å². The van der Waals surface area contributed by atoms with Crippen LogP contribution in [-0.2, 0) is 11.2 Å². The van der Waals surface area contributed by atoms with E-state index < -0.39 is 0 Å². The van der Waals surface area contributed by atoms with Gasteiger partial charge in [-0.3, -0.25) is 4.79 Å². The van der Waals surface area contributed by atoms with Crippen molar-refractivity contribution in [2.45, 2.75) is 48.3 Å². The molecule has 6 rings (SSSR count). The van der Waals surface area contributed by atoms with Crippen LogP contribution in [0.3, 0.4) is 0 Å². The Morgan fingerprint density at radius 2 is 2.10 bits per heavy atom. The van der Waals surface area contributed by atoms with Gasteiger partial charge in [0, 0.05) is 48.7 Å². The van der Waals surface area contributed by atoms with Crippen molar-refractivity contribution in [3.63, 3.8) is 0 Å². The molecule has 4 aliphatic rings. The van der Waals surface area contributed by atoms with Gasteiger partial charge in [-0.2, -0.15) is 0 Å². The summed E-state index contributed by atoms with van der Waals surface area (Å²) in [5, 5.41) is 8.00. The predicted molar refractivity (Wildman–Crippen MR) is 115 cm³/mol. The number of hydrogen-bond acceptors (Lipinski definition) is 6. The van der Waals surface area contributed by atoms with E-state index in [9.17, 15) is 4.79 Å². The molecule has 2 aliphatic carbocycles. The second kappa shape index (κ2) is 7.13. The lowest BCUT2D eigenvalue weighted by Crippen LogP contribution is -2.49. The fraction of sp³-hybridized carbons (Fsp3) is 0.591. The molecule has 2 aliphatic heterocycles. The first-order valence-corrected chi connectivity index (χ1v) is 11.8. The molecule has 6 nitrogen and oxygen atoms in total. The summed E-state index contributed by atoms with van der Waals surface area (Å²) in [5.41, 5.74) is 2.24. The van der Waals surface area contributed by atoms with Gasteiger partial charge in [0.1, 0.15) is 0 Å². The van der Waals surface area contributed by atoms with Crippen molar-refractivity contribution in [3.8, 4) is 0 Å². The minimum atomic E-state index is -0.0226. The number of nitrogens with one attached hydrogen (secondary N) is 2. The van der Waals surface area contributed by atoms with Gasteiger partial charge in [-0.05, 0) is 49.1 Å². The third-order valence-corrected chi connectivity index (χ3v) is 8.52. The molecule has 2 saturated carbocycles. The number of carbonyl (C=O) groups is 1. The van der Waals surface area contributed by atoms with Gasteiger partial charge in [-0.25, -0.2) is 9.97 Å². The number of thioether (sulfide) groups is 1. The number of hydrogen-bond donors (Lipinski definition) is 2. The molecule has 3 fully saturated rings. The van der Waals surface area contributed by atoms with Gasteiger partial charge < -0.3 is 15.5 Å². The van der Waals surface area contributed by atoms with E-state index in [0.29, 0.717) is 6.04 Å². The first-order valence-electron chi connectivity index (χ1n) is 11.0. The van der Waals surface area contributed by atoms with Crippen LogP contribution in [0.1, 0.15) is 31.2 Å². The van der Waals surface area contributed by atoms with Crippen LogP contribution in [0.4, 0.5) is 5.95 Å². The Hall–Kier alpha value is -1.86. The Balaban J connectivity index is 1.25. The molecule has 2 bridgehead atoms. The lowest BCUT2D eigenvalue weighted by molar-refractivity contribution is -0.131. The number of fused-ring (bicyclic) bond motifs is 5. The smallest absolute Gasteiger partial charge is 0.236 e. The summed E-state index contributed by atoms with van der Waals surface area (Å²) in [6.07, 6.45) is 8.08. The van der Waals surface area contributed by atoms with Gasteiger partial charge in [0.25, 0.3) is 0 Å². The molecule has 1 amide bonds. The summed E-state index contributed by atoms with van der Waals surface area (Å²) < 4.78 is 0. The quantitative estimate of drug-likeness (QED) is 0.812. The van der Waals surface area contributed by atoms with Crippen LogP contribution in [0.15, 0.2) is 23.2 Å². The molecule has 1 saturated heterocycles. The van der Waals surface area contributed by atoms with Crippen molar-refractivity contribution >= 4 is 34.5 Å². The minimum Gasteiger partial charge on any atom is -0.351 e.